The van der Waals surface area contributed by atoms with Crippen molar-refractivity contribution in [2.45, 2.75) is 9.79 Å². The normalized spacial score (nSPS) is 10.4. The van der Waals surface area contributed by atoms with Crippen molar-refractivity contribution in [1.82, 2.24) is 5.32 Å². The van der Waals surface area contributed by atoms with Crippen LogP contribution in [0.1, 0.15) is 0 Å². The van der Waals surface area contributed by atoms with Crippen molar-refractivity contribution in [2.24, 2.45) is 0 Å². The van der Waals surface area contributed by atoms with Crippen molar-refractivity contribution in [3.8, 4) is 0 Å². The van der Waals surface area contributed by atoms with E-state index >= 15 is 0 Å². The number of carbonyl (C=O) groups excluding carboxylic acids is 2. The third kappa shape index (κ3) is 8.61. The van der Waals surface area contributed by atoms with Gasteiger partial charge in [-0.05, 0) is 24.3 Å². The Balaban J connectivity index is 0.00000441. The third-order valence-electron chi connectivity index (χ3n) is 2.08. The fourth-order valence-corrected chi connectivity index (χ4v) is 2.41. The second kappa shape index (κ2) is 10.1. The second-order valence-electron chi connectivity index (χ2n) is 3.66. The van der Waals surface area contributed by atoms with Crippen LogP contribution in [0, 0.1) is 0 Å². The van der Waals surface area contributed by atoms with Crippen LogP contribution in [0.5, 0.6) is 0 Å². The molecule has 0 fully saturated rings. The molecule has 0 aliphatic carbocycles. The van der Waals surface area contributed by atoms with Crippen LogP contribution in [0.25, 0.3) is 0 Å². The summed E-state index contributed by atoms with van der Waals surface area (Å²) in [4.78, 5) is 21.6. The van der Waals surface area contributed by atoms with Gasteiger partial charge in [-0.3, -0.25) is 4.55 Å². The average molecular weight is 357 g/mol. The summed E-state index contributed by atoms with van der Waals surface area (Å²) in [7, 11) is -4.21. The van der Waals surface area contributed by atoms with Crippen molar-refractivity contribution < 1.29 is 62.0 Å². The SMILES string of the molecule is O=C([O-])CNC(=O)OCCSc1ccc(S(=O)(=O)O)cc1.[Na+]. The molecule has 0 aliphatic heterocycles. The van der Waals surface area contributed by atoms with Gasteiger partial charge in [0.15, 0.2) is 0 Å². The van der Waals surface area contributed by atoms with E-state index in [-0.39, 0.29) is 41.1 Å². The first-order valence-corrected chi connectivity index (χ1v) is 8.02. The van der Waals surface area contributed by atoms with Gasteiger partial charge >= 0.3 is 35.7 Å². The van der Waals surface area contributed by atoms with Crippen molar-refractivity contribution in [3.05, 3.63) is 24.3 Å². The number of benzene rings is 1. The van der Waals surface area contributed by atoms with Crippen molar-refractivity contribution in [2.75, 3.05) is 18.9 Å². The number of nitrogens with one attached hydrogen (secondary N) is 1. The molecule has 0 saturated carbocycles. The fourth-order valence-electron chi connectivity index (χ4n) is 1.20. The van der Waals surface area contributed by atoms with Crippen molar-refractivity contribution in [3.63, 3.8) is 0 Å². The molecular weight excluding hydrogens is 345 g/mol. The molecule has 0 atom stereocenters. The minimum Gasteiger partial charge on any atom is -0.548 e. The van der Waals surface area contributed by atoms with E-state index in [0.29, 0.717) is 5.75 Å². The van der Waals surface area contributed by atoms with Gasteiger partial charge in [-0.1, -0.05) is 0 Å². The Kier molecular flexibility index (Phi) is 9.72. The number of alkyl carbamates (subject to hydrolysis) is 1. The maximum atomic E-state index is 11.0. The molecular formula is C11H12NNaO7S2. The Morgan fingerprint density at radius 2 is 1.86 bits per heavy atom. The summed E-state index contributed by atoms with van der Waals surface area (Å²) < 4.78 is 35.1. The summed E-state index contributed by atoms with van der Waals surface area (Å²) in [6.07, 6.45) is -0.860. The van der Waals surface area contributed by atoms with Crippen LogP contribution in [0.3, 0.4) is 0 Å². The van der Waals surface area contributed by atoms with Crippen LogP contribution in [-0.4, -0.2) is 43.9 Å². The van der Waals surface area contributed by atoms with Crippen LogP contribution < -0.4 is 40.0 Å². The van der Waals surface area contributed by atoms with E-state index in [1.54, 1.807) is 0 Å². The average Bonchev–Trinajstić information content (AvgIpc) is 2.41. The van der Waals surface area contributed by atoms with Gasteiger partial charge < -0.3 is 20.0 Å². The predicted octanol–water partition coefficient (Wildman–Crippen LogP) is -3.49. The molecule has 0 aliphatic rings. The zero-order valence-corrected chi connectivity index (χ0v) is 15.3. The van der Waals surface area contributed by atoms with Gasteiger partial charge in [0.05, 0.1) is 17.4 Å². The van der Waals surface area contributed by atoms with E-state index in [2.05, 4.69) is 0 Å². The number of rotatable bonds is 7. The predicted molar refractivity (Wildman–Crippen MR) is 71.3 cm³/mol. The van der Waals surface area contributed by atoms with E-state index < -0.39 is 28.7 Å². The van der Waals surface area contributed by atoms with E-state index in [1.807, 2.05) is 5.32 Å². The summed E-state index contributed by atoms with van der Waals surface area (Å²) in [5.41, 5.74) is 0. The molecule has 0 saturated heterocycles. The van der Waals surface area contributed by atoms with Crippen LogP contribution in [0.2, 0.25) is 0 Å². The van der Waals surface area contributed by atoms with Gasteiger partial charge in [0.1, 0.15) is 6.61 Å². The van der Waals surface area contributed by atoms with Gasteiger partial charge in [-0.25, -0.2) is 4.79 Å². The maximum Gasteiger partial charge on any atom is 1.00 e. The van der Waals surface area contributed by atoms with Crippen LogP contribution in [0.4, 0.5) is 4.79 Å². The van der Waals surface area contributed by atoms with Gasteiger partial charge in [-0.15, -0.1) is 11.8 Å². The summed E-state index contributed by atoms with van der Waals surface area (Å²) in [6, 6.07) is 5.52. The number of aliphatic carboxylic acids is 1. The molecule has 1 amide bonds. The molecule has 0 heterocycles. The summed E-state index contributed by atoms with van der Waals surface area (Å²) in [5.74, 6) is -1.02. The fraction of sp³-hybridized carbons (Fsp3) is 0.273. The zero-order chi connectivity index (χ0) is 15.9. The van der Waals surface area contributed by atoms with Gasteiger partial charge in [0, 0.05) is 10.6 Å². The number of carboxylic acids is 1. The number of ether oxygens (including phenoxy) is 1. The first-order valence-electron chi connectivity index (χ1n) is 5.60. The summed E-state index contributed by atoms with van der Waals surface area (Å²) >= 11 is 1.30. The van der Waals surface area contributed by atoms with E-state index in [4.69, 9.17) is 9.29 Å². The van der Waals surface area contributed by atoms with Crippen LogP contribution >= 0.6 is 11.8 Å². The number of amides is 1. The topological polar surface area (TPSA) is 133 Å². The molecule has 0 unspecified atom stereocenters. The monoisotopic (exact) mass is 357 g/mol. The molecule has 0 spiro atoms. The van der Waals surface area contributed by atoms with Crippen LogP contribution in [0.15, 0.2) is 34.1 Å². The van der Waals surface area contributed by atoms with Crippen molar-refractivity contribution in [1.29, 1.82) is 0 Å². The van der Waals surface area contributed by atoms with Gasteiger partial charge in [0.25, 0.3) is 10.1 Å². The maximum absolute atomic E-state index is 11.0. The van der Waals surface area contributed by atoms with E-state index in [0.717, 1.165) is 4.90 Å². The third-order valence-corrected chi connectivity index (χ3v) is 3.93. The largest absolute Gasteiger partial charge is 1.00 e. The number of carboxylic acid groups (broad SMARTS) is 1. The van der Waals surface area contributed by atoms with Crippen LogP contribution in [-0.2, 0) is 19.6 Å². The first kappa shape index (κ1) is 21.2. The molecule has 0 bridgehead atoms. The summed E-state index contributed by atoms with van der Waals surface area (Å²) in [5, 5.41) is 12.0. The van der Waals surface area contributed by atoms with Gasteiger partial charge in [-0.2, -0.15) is 8.42 Å². The molecule has 8 nitrogen and oxygen atoms in total. The quantitative estimate of drug-likeness (QED) is 0.222. The number of carbonyl (C=O) groups is 2. The number of hydrogen-bond acceptors (Lipinski definition) is 7. The van der Waals surface area contributed by atoms with Crippen molar-refractivity contribution >= 4 is 33.9 Å². The minimum atomic E-state index is -4.21. The van der Waals surface area contributed by atoms with E-state index in [9.17, 15) is 23.1 Å². The molecule has 1 aromatic carbocycles. The Morgan fingerprint density at radius 3 is 2.36 bits per heavy atom. The molecule has 1 aromatic rings. The Labute approximate surface area is 153 Å². The second-order valence-corrected chi connectivity index (χ2v) is 6.25. The molecule has 1 rings (SSSR count). The molecule has 2 N–H and O–H groups in total. The molecule has 116 valence electrons. The molecule has 11 heteroatoms. The molecule has 0 aromatic heterocycles. The first-order chi connectivity index (χ1) is 9.79. The Hall–Kier alpha value is -0.780. The minimum absolute atomic E-state index is 0. The number of hydrogen-bond donors (Lipinski definition) is 2. The van der Waals surface area contributed by atoms with E-state index in [1.165, 1.54) is 36.0 Å². The van der Waals surface area contributed by atoms with Gasteiger partial charge in [0.2, 0.25) is 0 Å². The number of thioether (sulfide) groups is 1. The zero-order valence-electron chi connectivity index (χ0n) is 11.6. The molecule has 22 heavy (non-hydrogen) atoms. The standard InChI is InChI=1S/C11H13NO7S2.Na/c13-10(14)7-12-11(15)19-5-6-20-8-1-3-9(4-2-8)21(16,17)18;/h1-4H,5-7H2,(H,12,15)(H,13,14)(H,16,17,18);/q;+1/p-1. The smallest absolute Gasteiger partial charge is 0.548 e. The Morgan fingerprint density at radius 1 is 1.27 bits per heavy atom. The summed E-state index contributed by atoms with van der Waals surface area (Å²) in [6.45, 7) is -0.577. The molecule has 0 radical (unpaired) electrons. The Bertz CT molecular complexity index is 603.